The molecule has 3 nitrogen and oxygen atoms in total. The first kappa shape index (κ1) is 10.5. The number of rotatable bonds is 4. The second-order valence-electron chi connectivity index (χ2n) is 4.00. The van der Waals surface area contributed by atoms with Crippen LogP contribution in [0, 0.1) is 0 Å². The molecule has 1 unspecified atom stereocenters. The van der Waals surface area contributed by atoms with Gasteiger partial charge in [0.15, 0.2) is 0 Å². The topological polar surface area (TPSA) is 46.2 Å². The van der Waals surface area contributed by atoms with E-state index in [1.54, 1.807) is 0 Å². The van der Waals surface area contributed by atoms with Gasteiger partial charge < -0.3 is 15.3 Å². The molecule has 3 N–H and O–H groups in total. The third kappa shape index (κ3) is 7.36. The Hall–Kier alpha value is -0.540. The molecule has 0 spiro atoms. The average Bonchev–Trinajstić information content (AvgIpc) is 1.53. The van der Waals surface area contributed by atoms with Crippen LogP contribution < -0.4 is 5.73 Å². The molecule has 1 atom stereocenters. The molecule has 0 bridgehead atoms. The Labute approximate surface area is 68.7 Å². The lowest BCUT2D eigenvalue weighted by atomic mass is 10.2. The lowest BCUT2D eigenvalue weighted by Crippen LogP contribution is -2.45. The molecule has 3 heteroatoms. The summed E-state index contributed by atoms with van der Waals surface area (Å²) in [7, 11) is 6.21. The highest BCUT2D eigenvalue weighted by atomic mass is 16.3. The average molecular weight is 159 g/mol. The molecule has 11 heavy (non-hydrogen) atoms. The zero-order valence-electron chi connectivity index (χ0n) is 7.67. The van der Waals surface area contributed by atoms with E-state index in [4.69, 9.17) is 10.8 Å². The maximum atomic E-state index is 8.84. The summed E-state index contributed by atoms with van der Waals surface area (Å²) in [6, 6.07) is 0.00694. The van der Waals surface area contributed by atoms with E-state index in [0.29, 0.717) is 6.42 Å². The summed E-state index contributed by atoms with van der Waals surface area (Å²) in [5, 5.41) is 8.84. The predicted octanol–water partition coefficient (Wildman–Crippen LogP) is 0.482. The van der Waals surface area contributed by atoms with Gasteiger partial charge in [0.2, 0.25) is 0 Å². The van der Waals surface area contributed by atoms with Gasteiger partial charge in [-0.2, -0.15) is 0 Å². The van der Waals surface area contributed by atoms with Crippen molar-refractivity contribution < 1.29 is 9.59 Å². The summed E-state index contributed by atoms with van der Waals surface area (Å²) in [6.07, 6.45) is 0.496. The maximum Gasteiger partial charge on any atom is 0.0938 e. The largest absolute Gasteiger partial charge is 0.513 e. The van der Waals surface area contributed by atoms with Crippen LogP contribution in [-0.2, 0) is 0 Å². The number of likely N-dealkylation sites (N-methyl/N-ethyl adjacent to an activating group) is 1. The Morgan fingerprint density at radius 3 is 2.27 bits per heavy atom. The minimum absolute atomic E-state index is 0.00694. The third-order valence-electron chi connectivity index (χ3n) is 1.28. The molecule has 0 aromatic heterocycles. The fraction of sp³-hybridized carbons (Fsp3) is 0.750. The third-order valence-corrected chi connectivity index (χ3v) is 1.28. The van der Waals surface area contributed by atoms with Crippen molar-refractivity contribution in [1.29, 1.82) is 0 Å². The molecular weight excluding hydrogens is 140 g/mol. The molecular formula is C8H19N2O+. The van der Waals surface area contributed by atoms with Gasteiger partial charge in [0.1, 0.15) is 0 Å². The Balaban J connectivity index is 3.69. The summed E-state index contributed by atoms with van der Waals surface area (Å²) in [5.41, 5.74) is 5.72. The van der Waals surface area contributed by atoms with Crippen LogP contribution in [0.4, 0.5) is 0 Å². The molecule has 0 saturated heterocycles. The maximum absolute atomic E-state index is 8.84. The molecule has 0 amide bonds. The monoisotopic (exact) mass is 159 g/mol. The van der Waals surface area contributed by atoms with E-state index in [1.165, 1.54) is 0 Å². The van der Waals surface area contributed by atoms with Crippen molar-refractivity contribution in [2.75, 3.05) is 27.7 Å². The second kappa shape index (κ2) is 3.74. The van der Waals surface area contributed by atoms with Crippen LogP contribution in [0.3, 0.4) is 0 Å². The Kier molecular flexibility index (Phi) is 3.55. The van der Waals surface area contributed by atoms with E-state index in [9.17, 15) is 0 Å². The first-order valence-electron chi connectivity index (χ1n) is 3.74. The molecule has 0 aliphatic rings. The van der Waals surface area contributed by atoms with E-state index < -0.39 is 0 Å². The highest BCUT2D eigenvalue weighted by molar-refractivity contribution is 4.83. The predicted molar refractivity (Wildman–Crippen MR) is 47.3 cm³/mol. The van der Waals surface area contributed by atoms with E-state index in [-0.39, 0.29) is 11.8 Å². The molecule has 0 aromatic carbocycles. The highest BCUT2D eigenvalue weighted by Crippen LogP contribution is 2.01. The summed E-state index contributed by atoms with van der Waals surface area (Å²) < 4.78 is 0.814. The quantitative estimate of drug-likeness (QED) is 0.463. The Bertz CT molecular complexity index is 138. The SMILES string of the molecule is C=C(O)CC(N)C[N+](C)(C)C. The Morgan fingerprint density at radius 2 is 2.00 bits per heavy atom. The molecule has 0 aliphatic carbocycles. The number of quaternary nitrogens is 1. The first-order chi connectivity index (χ1) is 4.81. The van der Waals surface area contributed by atoms with Crippen molar-refractivity contribution in [2.45, 2.75) is 12.5 Å². The van der Waals surface area contributed by atoms with Gasteiger partial charge in [0.05, 0.1) is 39.5 Å². The molecule has 0 rings (SSSR count). The minimum Gasteiger partial charge on any atom is -0.513 e. The van der Waals surface area contributed by atoms with Crippen LogP contribution in [0.15, 0.2) is 12.3 Å². The van der Waals surface area contributed by atoms with Crippen molar-refractivity contribution in [3.63, 3.8) is 0 Å². The Morgan fingerprint density at radius 1 is 1.55 bits per heavy atom. The number of hydrogen-bond acceptors (Lipinski definition) is 2. The van der Waals surface area contributed by atoms with Crippen molar-refractivity contribution >= 4 is 0 Å². The van der Waals surface area contributed by atoms with Gasteiger partial charge in [-0.15, -0.1) is 0 Å². The van der Waals surface area contributed by atoms with Crippen molar-refractivity contribution in [1.82, 2.24) is 0 Å². The molecule has 0 radical (unpaired) electrons. The highest BCUT2D eigenvalue weighted by Gasteiger charge is 2.14. The molecule has 0 aliphatic heterocycles. The summed E-state index contributed by atoms with van der Waals surface area (Å²) in [6.45, 7) is 4.24. The lowest BCUT2D eigenvalue weighted by molar-refractivity contribution is -0.871. The molecule has 0 saturated carbocycles. The fourth-order valence-corrected chi connectivity index (χ4v) is 1.07. The standard InChI is InChI=1S/C8H18N2O/c1-7(11)5-8(9)6-10(2,3)4/h8H,1,5-6,9H2,2-4H3/p+1. The summed E-state index contributed by atoms with van der Waals surface area (Å²) in [4.78, 5) is 0. The molecule has 0 fully saturated rings. The van der Waals surface area contributed by atoms with Gasteiger partial charge in [0, 0.05) is 6.42 Å². The van der Waals surface area contributed by atoms with Gasteiger partial charge >= 0.3 is 0 Å². The van der Waals surface area contributed by atoms with Crippen LogP contribution in [0.2, 0.25) is 0 Å². The van der Waals surface area contributed by atoms with Crippen LogP contribution in [0.5, 0.6) is 0 Å². The van der Waals surface area contributed by atoms with Crippen LogP contribution in [-0.4, -0.2) is 43.3 Å². The summed E-state index contributed by atoms with van der Waals surface area (Å²) in [5.74, 6) is 0.172. The van der Waals surface area contributed by atoms with Gasteiger partial charge in [-0.1, -0.05) is 6.58 Å². The van der Waals surface area contributed by atoms with Crippen molar-refractivity contribution in [3.8, 4) is 0 Å². The molecule has 66 valence electrons. The van der Waals surface area contributed by atoms with Gasteiger partial charge in [-0.25, -0.2) is 0 Å². The number of nitrogens with two attached hydrogens (primary N) is 1. The van der Waals surface area contributed by atoms with Gasteiger partial charge in [-0.05, 0) is 0 Å². The van der Waals surface area contributed by atoms with E-state index >= 15 is 0 Å². The van der Waals surface area contributed by atoms with Crippen molar-refractivity contribution in [3.05, 3.63) is 12.3 Å². The zero-order chi connectivity index (χ0) is 9.07. The first-order valence-corrected chi connectivity index (χ1v) is 3.74. The number of nitrogens with zero attached hydrogens (tertiary/aromatic N) is 1. The second-order valence-corrected chi connectivity index (χ2v) is 4.00. The van der Waals surface area contributed by atoms with Crippen molar-refractivity contribution in [2.24, 2.45) is 5.73 Å². The lowest BCUT2D eigenvalue weighted by Gasteiger charge is -2.27. The molecule has 0 aromatic rings. The zero-order valence-corrected chi connectivity index (χ0v) is 7.67. The van der Waals surface area contributed by atoms with Crippen LogP contribution in [0.25, 0.3) is 0 Å². The number of hydrogen-bond donors (Lipinski definition) is 2. The van der Waals surface area contributed by atoms with Gasteiger partial charge in [-0.3, -0.25) is 0 Å². The smallest absolute Gasteiger partial charge is 0.0938 e. The fourth-order valence-electron chi connectivity index (χ4n) is 1.07. The number of aliphatic hydroxyl groups excluding tert-OH is 1. The minimum atomic E-state index is 0.00694. The van der Waals surface area contributed by atoms with E-state index in [0.717, 1.165) is 11.0 Å². The van der Waals surface area contributed by atoms with Gasteiger partial charge in [0.25, 0.3) is 0 Å². The molecule has 0 heterocycles. The van der Waals surface area contributed by atoms with Crippen LogP contribution >= 0.6 is 0 Å². The normalized spacial score (nSPS) is 14.5. The van der Waals surface area contributed by atoms with E-state index in [1.807, 2.05) is 0 Å². The number of aliphatic hydroxyl groups is 1. The van der Waals surface area contributed by atoms with E-state index in [2.05, 4.69) is 27.7 Å². The summed E-state index contributed by atoms with van der Waals surface area (Å²) >= 11 is 0. The van der Waals surface area contributed by atoms with Crippen LogP contribution in [0.1, 0.15) is 6.42 Å².